The average molecular weight is 444 g/mol. The highest BCUT2D eigenvalue weighted by molar-refractivity contribution is 5.83. The number of H-pyrrole nitrogens is 1. The van der Waals surface area contributed by atoms with Gasteiger partial charge in [0.25, 0.3) is 5.56 Å². The molecule has 1 aromatic heterocycles. The van der Waals surface area contributed by atoms with Crippen LogP contribution in [0, 0.1) is 0 Å². The van der Waals surface area contributed by atoms with Crippen LogP contribution in [0.1, 0.15) is 16.7 Å². The van der Waals surface area contributed by atoms with E-state index in [1.165, 1.54) is 18.2 Å². The second kappa shape index (κ2) is 8.60. The normalized spacial score (nSPS) is 13.1. The summed E-state index contributed by atoms with van der Waals surface area (Å²) in [6.07, 6.45) is 0.805. The van der Waals surface area contributed by atoms with Crippen LogP contribution in [0.4, 0.5) is 5.95 Å². The van der Waals surface area contributed by atoms with Crippen molar-refractivity contribution in [1.29, 1.82) is 0 Å². The van der Waals surface area contributed by atoms with Gasteiger partial charge in [-0.2, -0.15) is 0 Å². The number of anilines is 1. The van der Waals surface area contributed by atoms with Crippen LogP contribution in [0.5, 0.6) is 11.5 Å². The maximum absolute atomic E-state index is 12.8. The second-order valence-electron chi connectivity index (χ2n) is 8.04. The van der Waals surface area contributed by atoms with Crippen LogP contribution >= 0.6 is 0 Å². The Bertz CT molecular complexity index is 1400. The molecule has 0 aliphatic carbocycles. The topological polar surface area (TPSA) is 87.7 Å². The van der Waals surface area contributed by atoms with Crippen molar-refractivity contribution in [2.45, 2.75) is 19.6 Å². The van der Waals surface area contributed by atoms with Gasteiger partial charge in [0.05, 0.1) is 31.7 Å². The van der Waals surface area contributed by atoms with Crippen molar-refractivity contribution in [3.63, 3.8) is 0 Å². The number of rotatable bonds is 5. The predicted octanol–water partition coefficient (Wildman–Crippen LogP) is 3.66. The molecule has 0 radical (unpaired) electrons. The molecule has 0 amide bonds. The van der Waals surface area contributed by atoms with Gasteiger partial charge in [-0.15, -0.1) is 0 Å². The molecule has 0 bridgehead atoms. The molecule has 33 heavy (non-hydrogen) atoms. The number of aromatic amines is 1. The lowest BCUT2D eigenvalue weighted by Gasteiger charge is -2.31. The number of aliphatic hydroxyl groups excluding tert-OH is 1. The molecule has 1 aliphatic rings. The fourth-order valence-electron chi connectivity index (χ4n) is 4.57. The molecule has 2 heterocycles. The summed E-state index contributed by atoms with van der Waals surface area (Å²) in [5.74, 6) is 1.56. The third kappa shape index (κ3) is 3.70. The van der Waals surface area contributed by atoms with E-state index >= 15 is 0 Å². The molecule has 7 heteroatoms. The van der Waals surface area contributed by atoms with Gasteiger partial charge in [-0.1, -0.05) is 42.5 Å². The predicted molar refractivity (Wildman–Crippen MR) is 128 cm³/mol. The maximum Gasteiger partial charge on any atom is 0.260 e. The summed E-state index contributed by atoms with van der Waals surface area (Å²) in [5, 5.41) is 10.2. The maximum atomic E-state index is 12.8. The van der Waals surface area contributed by atoms with Crippen LogP contribution in [0.2, 0.25) is 0 Å². The smallest absolute Gasteiger partial charge is 0.260 e. The van der Waals surface area contributed by atoms with E-state index < -0.39 is 0 Å². The molecule has 7 nitrogen and oxygen atoms in total. The Kier molecular flexibility index (Phi) is 5.48. The number of aromatic nitrogens is 2. The van der Waals surface area contributed by atoms with Crippen LogP contribution in [-0.4, -0.2) is 35.8 Å². The van der Waals surface area contributed by atoms with Crippen molar-refractivity contribution >= 4 is 16.9 Å². The molecule has 4 aromatic rings. The van der Waals surface area contributed by atoms with Crippen LogP contribution in [-0.2, 0) is 19.6 Å². The Hall–Kier alpha value is -3.84. The first kappa shape index (κ1) is 21.0. The fourth-order valence-corrected chi connectivity index (χ4v) is 4.57. The van der Waals surface area contributed by atoms with Crippen LogP contribution in [0.3, 0.4) is 0 Å². The summed E-state index contributed by atoms with van der Waals surface area (Å²) in [6.45, 7) is 1.35. The van der Waals surface area contributed by atoms with E-state index in [-0.39, 0.29) is 12.2 Å². The van der Waals surface area contributed by atoms with E-state index in [0.717, 1.165) is 23.1 Å². The third-order valence-corrected chi connectivity index (χ3v) is 6.24. The number of methoxy groups -OCH3 is 2. The van der Waals surface area contributed by atoms with Crippen LogP contribution in [0.15, 0.2) is 59.4 Å². The van der Waals surface area contributed by atoms with Crippen molar-refractivity contribution in [3.05, 3.63) is 81.6 Å². The lowest BCUT2D eigenvalue weighted by atomic mass is 9.89. The standard InChI is InChI=1S/C26H25N3O4/c1-32-23-12-21-22(13-24(23)33-2)27-26(28-25(21)31)29-11-10-19-16(14-29)7-5-9-20(19)18-8-4-3-6-17(18)15-30/h3-9,12-13,30H,10-11,14-15H2,1-2H3,(H,27,28,31). The molecular formula is C26H25N3O4. The monoisotopic (exact) mass is 443 g/mol. The third-order valence-electron chi connectivity index (χ3n) is 6.24. The average Bonchev–Trinajstić information content (AvgIpc) is 2.87. The van der Waals surface area contributed by atoms with Gasteiger partial charge in [0.1, 0.15) is 0 Å². The fraction of sp³-hybridized carbons (Fsp3) is 0.231. The zero-order valence-corrected chi connectivity index (χ0v) is 18.6. The number of nitrogens with zero attached hydrogens (tertiary/aromatic N) is 2. The Balaban J connectivity index is 1.53. The molecule has 1 aliphatic heterocycles. The van der Waals surface area contributed by atoms with Gasteiger partial charge < -0.3 is 19.5 Å². The van der Waals surface area contributed by atoms with E-state index in [1.54, 1.807) is 19.2 Å². The summed E-state index contributed by atoms with van der Waals surface area (Å²) in [4.78, 5) is 22.6. The number of nitrogens with one attached hydrogen (secondary N) is 1. The van der Waals surface area contributed by atoms with E-state index in [1.807, 2.05) is 24.3 Å². The highest BCUT2D eigenvalue weighted by atomic mass is 16.5. The van der Waals surface area contributed by atoms with Crippen molar-refractivity contribution < 1.29 is 14.6 Å². The highest BCUT2D eigenvalue weighted by Crippen LogP contribution is 2.34. The molecule has 168 valence electrons. The summed E-state index contributed by atoms with van der Waals surface area (Å²) < 4.78 is 10.7. The molecule has 2 N–H and O–H groups in total. The van der Waals surface area contributed by atoms with Gasteiger partial charge in [0.15, 0.2) is 11.5 Å². The first-order valence-corrected chi connectivity index (χ1v) is 10.8. The zero-order chi connectivity index (χ0) is 22.9. The number of hydrogen-bond donors (Lipinski definition) is 2. The SMILES string of the molecule is COc1cc2nc(N3CCc4c(cccc4-c4ccccc4CO)C3)[nH]c(=O)c2cc1OC. The van der Waals surface area contributed by atoms with Gasteiger partial charge >= 0.3 is 0 Å². The molecule has 0 spiro atoms. The molecule has 5 rings (SSSR count). The molecular weight excluding hydrogens is 418 g/mol. The molecule has 3 aromatic carbocycles. The summed E-state index contributed by atoms with van der Waals surface area (Å²) in [5.41, 5.74) is 5.91. The lowest BCUT2D eigenvalue weighted by Crippen LogP contribution is -2.33. The minimum Gasteiger partial charge on any atom is -0.493 e. The second-order valence-corrected chi connectivity index (χ2v) is 8.04. The highest BCUT2D eigenvalue weighted by Gasteiger charge is 2.22. The lowest BCUT2D eigenvalue weighted by molar-refractivity contribution is 0.282. The van der Waals surface area contributed by atoms with Gasteiger partial charge in [-0.05, 0) is 40.3 Å². The first-order chi connectivity index (χ1) is 16.1. The van der Waals surface area contributed by atoms with Gasteiger partial charge in [-0.25, -0.2) is 4.98 Å². The number of aliphatic hydroxyl groups is 1. The van der Waals surface area contributed by atoms with Gasteiger partial charge in [0, 0.05) is 19.2 Å². The quantitative estimate of drug-likeness (QED) is 0.490. The summed E-state index contributed by atoms with van der Waals surface area (Å²) in [7, 11) is 3.10. The Morgan fingerprint density at radius 2 is 1.79 bits per heavy atom. The van der Waals surface area contributed by atoms with Crippen LogP contribution < -0.4 is 19.9 Å². The Labute approximate surface area is 191 Å². The number of hydrogen-bond acceptors (Lipinski definition) is 6. The number of fused-ring (bicyclic) bond motifs is 2. The molecule has 0 saturated carbocycles. The van der Waals surface area contributed by atoms with E-state index in [2.05, 4.69) is 28.1 Å². The van der Waals surface area contributed by atoms with E-state index in [9.17, 15) is 9.90 Å². The largest absolute Gasteiger partial charge is 0.493 e. The zero-order valence-electron chi connectivity index (χ0n) is 18.6. The molecule has 0 atom stereocenters. The van der Waals surface area contributed by atoms with Crippen molar-refractivity contribution in [2.75, 3.05) is 25.7 Å². The Morgan fingerprint density at radius 1 is 1.03 bits per heavy atom. The molecule has 0 saturated heterocycles. The minimum atomic E-state index is -0.215. The molecule has 0 unspecified atom stereocenters. The van der Waals surface area contributed by atoms with Gasteiger partial charge in [-0.3, -0.25) is 9.78 Å². The van der Waals surface area contributed by atoms with E-state index in [4.69, 9.17) is 14.5 Å². The minimum absolute atomic E-state index is 0.00244. The Morgan fingerprint density at radius 3 is 2.58 bits per heavy atom. The van der Waals surface area contributed by atoms with Crippen LogP contribution in [0.25, 0.3) is 22.0 Å². The summed E-state index contributed by atoms with van der Waals surface area (Å²) >= 11 is 0. The molecule has 0 fully saturated rings. The van der Waals surface area contributed by atoms with Gasteiger partial charge in [0.2, 0.25) is 5.95 Å². The number of ether oxygens (including phenoxy) is 2. The first-order valence-electron chi connectivity index (χ1n) is 10.8. The number of benzene rings is 3. The summed E-state index contributed by atoms with van der Waals surface area (Å²) in [6, 6.07) is 17.6. The van der Waals surface area contributed by atoms with Crippen molar-refractivity contribution in [2.24, 2.45) is 0 Å². The van der Waals surface area contributed by atoms with E-state index in [0.29, 0.717) is 41.4 Å². The van der Waals surface area contributed by atoms with Crippen molar-refractivity contribution in [3.8, 4) is 22.6 Å². The van der Waals surface area contributed by atoms with Crippen molar-refractivity contribution in [1.82, 2.24) is 9.97 Å².